The summed E-state index contributed by atoms with van der Waals surface area (Å²) in [7, 11) is 0. The van der Waals surface area contributed by atoms with E-state index < -0.39 is 6.82 Å². The van der Waals surface area contributed by atoms with Crippen molar-refractivity contribution in [2.24, 2.45) is 0 Å². The Balaban J connectivity index is 3.56. The summed E-state index contributed by atoms with van der Waals surface area (Å²) in [6, 6.07) is 0. The average Bonchev–Trinajstić information content (AvgIpc) is 2.87. The fourth-order valence-electron chi connectivity index (χ4n) is 2.39. The first-order valence-corrected chi connectivity index (χ1v) is 17.5. The van der Waals surface area contributed by atoms with E-state index in [0.717, 1.165) is 0 Å². The van der Waals surface area contributed by atoms with Gasteiger partial charge in [-0.3, -0.25) is 19.2 Å². The van der Waals surface area contributed by atoms with Gasteiger partial charge in [0, 0.05) is 23.0 Å². The van der Waals surface area contributed by atoms with Crippen LogP contribution in [-0.2, 0) is 47.6 Å². The molecular weight excluding hydrogens is 693 g/mol. The molecule has 0 aromatic carbocycles. The summed E-state index contributed by atoms with van der Waals surface area (Å²) >= 11 is 27.1. The molecule has 0 rings (SSSR count). The van der Waals surface area contributed by atoms with Crippen molar-refractivity contribution in [3.05, 3.63) is 0 Å². The van der Waals surface area contributed by atoms with E-state index in [0.29, 0.717) is 29.6 Å². The molecule has 0 amide bonds. The van der Waals surface area contributed by atoms with Gasteiger partial charge in [0.05, 0.1) is 51.6 Å². The van der Waals surface area contributed by atoms with Crippen LogP contribution in [-0.4, -0.2) is 106 Å². The first-order chi connectivity index (χ1) is 19.2. The number of esters is 4. The highest BCUT2D eigenvalue weighted by Crippen LogP contribution is 2.25. The van der Waals surface area contributed by atoms with Gasteiger partial charge in [0.25, 0.3) is 0 Å². The van der Waals surface area contributed by atoms with Gasteiger partial charge in [-0.1, -0.05) is 0 Å². The van der Waals surface area contributed by atoms with E-state index in [4.69, 9.17) is 28.4 Å². The minimum Gasteiger partial charge on any atom is -0.463 e. The monoisotopic (exact) mass is 732 g/mol. The van der Waals surface area contributed by atoms with Crippen LogP contribution in [0.4, 0.5) is 0 Å². The zero-order valence-electron chi connectivity index (χ0n) is 22.8. The second kappa shape index (κ2) is 24.9. The maximum atomic E-state index is 11.8. The van der Waals surface area contributed by atoms with Gasteiger partial charge >= 0.3 is 23.9 Å². The topological polar surface area (TPSA) is 124 Å². The van der Waals surface area contributed by atoms with Crippen LogP contribution < -0.4 is 0 Å². The van der Waals surface area contributed by atoms with E-state index >= 15 is 0 Å². The number of hydrogen-bond donors (Lipinski definition) is 6. The minimum absolute atomic E-state index is 0.0161. The Morgan fingerprint density at radius 1 is 0.585 bits per heavy atom. The van der Waals surface area contributed by atoms with E-state index in [2.05, 4.69) is 75.8 Å². The van der Waals surface area contributed by atoms with Gasteiger partial charge < -0.3 is 28.4 Å². The minimum atomic E-state index is -0.971. The smallest absolute Gasteiger partial charge is 0.306 e. The zero-order valence-corrected chi connectivity index (χ0v) is 29.8. The molecule has 0 radical (unpaired) electrons. The third-order valence-corrected chi connectivity index (χ3v) is 6.99. The van der Waals surface area contributed by atoms with E-state index in [1.54, 1.807) is 0 Å². The molecule has 1 atom stereocenters. The summed E-state index contributed by atoms with van der Waals surface area (Å²) in [6.07, 6.45) is 0.652. The van der Waals surface area contributed by atoms with Gasteiger partial charge in [-0.25, -0.2) is 0 Å². The largest absolute Gasteiger partial charge is 0.463 e. The lowest BCUT2D eigenvalue weighted by Crippen LogP contribution is -2.21. The van der Waals surface area contributed by atoms with Crippen molar-refractivity contribution in [2.45, 2.75) is 45.5 Å². The lowest BCUT2D eigenvalue weighted by molar-refractivity contribution is -0.147. The molecule has 1 unspecified atom stereocenters. The Labute approximate surface area is 283 Å². The quantitative estimate of drug-likeness (QED) is 0.0271. The fraction of sp³-hybridized carbons (Fsp3) is 0.826. The molecule has 0 aliphatic heterocycles. The second-order valence-corrected chi connectivity index (χ2v) is 17.4. The molecule has 0 heterocycles. The van der Waals surface area contributed by atoms with Crippen LogP contribution in [0.25, 0.3) is 0 Å². The molecule has 240 valence electrons. The van der Waals surface area contributed by atoms with Crippen molar-refractivity contribution in [1.82, 2.24) is 0 Å². The van der Waals surface area contributed by atoms with E-state index in [-0.39, 0.29) is 95.3 Å². The maximum absolute atomic E-state index is 11.8. The standard InChI is InChI=1S/C23H40O10S8/c1-17(29-8-9-31-19(25)3-11-41-13-5-21(27)33-16-23(37,38)39)14-28-6-7-30-18(24)2-10-40-12-4-20(26)32-15-22(34,35)36/h17,34-39H,2-16H2,1H3. The van der Waals surface area contributed by atoms with Crippen LogP contribution in [0.15, 0.2) is 0 Å². The fourth-order valence-corrected chi connectivity index (χ4v) is 4.43. The van der Waals surface area contributed by atoms with Crippen molar-refractivity contribution in [3.63, 3.8) is 0 Å². The van der Waals surface area contributed by atoms with Crippen LogP contribution in [0.2, 0.25) is 0 Å². The predicted octanol–water partition coefficient (Wildman–Crippen LogP) is 3.49. The molecule has 0 fully saturated rings. The van der Waals surface area contributed by atoms with Gasteiger partial charge in [-0.2, -0.15) is 23.5 Å². The first kappa shape index (κ1) is 41.6. The van der Waals surface area contributed by atoms with Gasteiger partial charge in [0.1, 0.15) is 33.2 Å². The first-order valence-electron chi connectivity index (χ1n) is 12.5. The molecule has 0 aromatic heterocycles. The number of rotatable bonds is 25. The molecule has 0 spiro atoms. The Kier molecular flexibility index (Phi) is 25.2. The molecule has 0 saturated carbocycles. The Morgan fingerprint density at radius 3 is 1.34 bits per heavy atom. The molecule has 0 aliphatic rings. The highest BCUT2D eigenvalue weighted by Gasteiger charge is 2.18. The SMILES string of the molecule is CC(COCCOC(=O)CCSCCC(=O)OCC(S)(S)S)OCCOC(=O)CCSCCC(=O)OCC(S)(S)S. The van der Waals surface area contributed by atoms with Crippen molar-refractivity contribution >= 4 is 123 Å². The van der Waals surface area contributed by atoms with Crippen LogP contribution in [0.1, 0.15) is 32.6 Å². The number of carbonyl (C=O) groups is 4. The highest BCUT2D eigenvalue weighted by molar-refractivity contribution is 8.17. The number of carbonyl (C=O) groups excluding carboxylic acids is 4. The van der Waals surface area contributed by atoms with Crippen LogP contribution >= 0.6 is 99.3 Å². The lowest BCUT2D eigenvalue weighted by Gasteiger charge is -2.15. The van der Waals surface area contributed by atoms with Gasteiger partial charge in [-0.15, -0.1) is 75.8 Å². The Bertz CT molecular complexity index is 762. The molecule has 10 nitrogen and oxygen atoms in total. The summed E-state index contributed by atoms with van der Waals surface area (Å²) in [5.41, 5.74) is 0. The predicted molar refractivity (Wildman–Crippen MR) is 183 cm³/mol. The van der Waals surface area contributed by atoms with Gasteiger partial charge in [0.15, 0.2) is 0 Å². The van der Waals surface area contributed by atoms with Crippen molar-refractivity contribution < 1.29 is 47.6 Å². The van der Waals surface area contributed by atoms with Crippen molar-refractivity contribution in [1.29, 1.82) is 0 Å². The normalized spacial score (nSPS) is 12.5. The molecule has 18 heteroatoms. The van der Waals surface area contributed by atoms with Gasteiger partial charge in [-0.05, 0) is 6.92 Å². The molecule has 0 aliphatic carbocycles. The Morgan fingerprint density at radius 2 is 0.951 bits per heavy atom. The number of thioether (sulfide) groups is 2. The number of hydrogen-bond acceptors (Lipinski definition) is 18. The van der Waals surface area contributed by atoms with Crippen molar-refractivity contribution in [2.75, 3.05) is 69.3 Å². The molecule has 0 aromatic rings. The van der Waals surface area contributed by atoms with Crippen molar-refractivity contribution in [3.8, 4) is 0 Å². The molecule has 0 N–H and O–H groups in total. The summed E-state index contributed by atoms with van der Waals surface area (Å²) in [6.45, 7) is 2.78. The lowest BCUT2D eigenvalue weighted by atomic mass is 10.4. The summed E-state index contributed by atoms with van der Waals surface area (Å²) in [5.74, 6) is 0.667. The molecule has 0 bridgehead atoms. The molecule has 0 saturated heterocycles. The van der Waals surface area contributed by atoms with E-state index in [9.17, 15) is 19.2 Å². The summed E-state index contributed by atoms with van der Waals surface area (Å²) < 4.78 is 29.2. The average molecular weight is 733 g/mol. The summed E-state index contributed by atoms with van der Waals surface area (Å²) in [4.78, 5) is 46.6. The number of ether oxygens (including phenoxy) is 6. The van der Waals surface area contributed by atoms with E-state index in [1.165, 1.54) is 23.5 Å². The highest BCUT2D eigenvalue weighted by atomic mass is 32.2. The Hall–Kier alpha value is 0.600. The zero-order chi connectivity index (χ0) is 31.2. The number of thiol groups is 6. The second-order valence-electron chi connectivity index (χ2n) is 8.29. The van der Waals surface area contributed by atoms with E-state index in [1.807, 2.05) is 6.92 Å². The van der Waals surface area contributed by atoms with Crippen LogP contribution in [0.5, 0.6) is 0 Å². The summed E-state index contributed by atoms with van der Waals surface area (Å²) in [5, 5.41) is 0. The molecular formula is C23H40O10S8. The third kappa shape index (κ3) is 31.8. The van der Waals surface area contributed by atoms with Crippen LogP contribution in [0.3, 0.4) is 0 Å². The van der Waals surface area contributed by atoms with Crippen LogP contribution in [0, 0.1) is 0 Å². The third-order valence-electron chi connectivity index (χ3n) is 4.25. The van der Waals surface area contributed by atoms with Gasteiger partial charge in [0.2, 0.25) is 0 Å². The molecule has 41 heavy (non-hydrogen) atoms. The maximum Gasteiger partial charge on any atom is 0.306 e.